The first kappa shape index (κ1) is 22.2. The summed E-state index contributed by atoms with van der Waals surface area (Å²) in [7, 11) is 0. The van der Waals surface area contributed by atoms with Crippen LogP contribution in [0.1, 0.15) is 32.6 Å². The van der Waals surface area contributed by atoms with Crippen LogP contribution in [0.2, 0.25) is 0 Å². The maximum Gasteiger partial charge on any atom is 0.363 e. The van der Waals surface area contributed by atoms with E-state index in [1.807, 2.05) is 44.2 Å². The van der Waals surface area contributed by atoms with E-state index in [2.05, 4.69) is 36.9 Å². The predicted octanol–water partition coefficient (Wildman–Crippen LogP) is 6.39. The van der Waals surface area contributed by atoms with Crippen LogP contribution in [0.3, 0.4) is 0 Å². The van der Waals surface area contributed by atoms with Gasteiger partial charge < -0.3 is 9.47 Å². The summed E-state index contributed by atoms with van der Waals surface area (Å²) in [6, 6.07) is 18.2. The van der Waals surface area contributed by atoms with E-state index in [1.165, 1.54) is 0 Å². The molecule has 0 saturated carbocycles. The molecule has 1 heterocycles. The number of carbonyl (C=O) groups is 2. The number of halogens is 2. The minimum absolute atomic E-state index is 0.187. The number of aliphatic imine (C=N–C) groups is 1. The molecule has 0 amide bonds. The first-order chi connectivity index (χ1) is 15.3. The van der Waals surface area contributed by atoms with Crippen molar-refractivity contribution in [2.24, 2.45) is 4.99 Å². The van der Waals surface area contributed by atoms with E-state index in [-0.39, 0.29) is 11.6 Å². The molecule has 1 aliphatic rings. The summed E-state index contributed by atoms with van der Waals surface area (Å²) < 4.78 is 12.0. The molecule has 0 atom stereocenters. The van der Waals surface area contributed by atoms with Crippen LogP contribution in [0.4, 0.5) is 0 Å². The summed E-state index contributed by atoms with van der Waals surface area (Å²) in [5.41, 5.74) is 4.03. The summed E-state index contributed by atoms with van der Waals surface area (Å²) in [6.45, 7) is 3.84. The van der Waals surface area contributed by atoms with Gasteiger partial charge in [-0.05, 0) is 93.2 Å². The van der Waals surface area contributed by atoms with Crippen LogP contribution < -0.4 is 4.74 Å². The Morgan fingerprint density at radius 1 is 1.00 bits per heavy atom. The minimum Gasteiger partial charge on any atom is -0.421 e. The Bertz CT molecular complexity index is 1290. The summed E-state index contributed by atoms with van der Waals surface area (Å²) >= 11 is 6.90. The zero-order valence-corrected chi connectivity index (χ0v) is 20.4. The lowest BCUT2D eigenvalue weighted by molar-refractivity contribution is -0.129. The standard InChI is InChI=1S/C25H17Br2NO4/c1-14-6-5-8-17(10-14)24(29)31-22-19(26)11-16(12-20(22)27)13-21-25(30)32-23(28-21)18-9-4-3-7-15(18)2/h3-13H,1-2H3/b21-13-. The van der Waals surface area contributed by atoms with E-state index in [4.69, 9.17) is 9.47 Å². The monoisotopic (exact) mass is 553 g/mol. The second kappa shape index (κ2) is 9.22. The Hall–Kier alpha value is -3.03. The molecule has 0 N–H and O–H groups in total. The van der Waals surface area contributed by atoms with E-state index in [9.17, 15) is 9.59 Å². The highest BCUT2D eigenvalue weighted by Crippen LogP contribution is 2.36. The third-order valence-electron chi connectivity index (χ3n) is 4.77. The smallest absolute Gasteiger partial charge is 0.363 e. The molecule has 5 nitrogen and oxygen atoms in total. The fourth-order valence-electron chi connectivity index (χ4n) is 3.18. The Kier molecular flexibility index (Phi) is 6.39. The zero-order chi connectivity index (χ0) is 22.8. The van der Waals surface area contributed by atoms with E-state index >= 15 is 0 Å². The molecule has 0 spiro atoms. The molecule has 0 saturated heterocycles. The molecule has 0 unspecified atom stereocenters. The number of carbonyl (C=O) groups excluding carboxylic acids is 2. The van der Waals surface area contributed by atoms with Crippen molar-refractivity contribution in [3.8, 4) is 5.75 Å². The highest BCUT2D eigenvalue weighted by Gasteiger charge is 2.25. The van der Waals surface area contributed by atoms with Crippen molar-refractivity contribution in [2.45, 2.75) is 13.8 Å². The Balaban J connectivity index is 1.60. The molecule has 0 bridgehead atoms. The minimum atomic E-state index is -0.523. The van der Waals surface area contributed by atoms with Crippen molar-refractivity contribution in [2.75, 3.05) is 0 Å². The van der Waals surface area contributed by atoms with E-state index in [1.54, 1.807) is 36.4 Å². The molecule has 3 aromatic carbocycles. The van der Waals surface area contributed by atoms with Gasteiger partial charge in [-0.1, -0.05) is 35.9 Å². The molecule has 0 aromatic heterocycles. The first-order valence-corrected chi connectivity index (χ1v) is 11.3. The molecule has 0 fully saturated rings. The van der Waals surface area contributed by atoms with Crippen LogP contribution in [0.25, 0.3) is 6.08 Å². The van der Waals surface area contributed by atoms with Gasteiger partial charge in [-0.25, -0.2) is 14.6 Å². The number of benzene rings is 3. The maximum absolute atomic E-state index is 12.5. The van der Waals surface area contributed by atoms with Gasteiger partial charge in [-0.2, -0.15) is 0 Å². The number of aryl methyl sites for hydroxylation is 2. The quantitative estimate of drug-likeness (QED) is 0.213. The highest BCUT2D eigenvalue weighted by molar-refractivity contribution is 9.11. The van der Waals surface area contributed by atoms with Gasteiger partial charge in [-0.15, -0.1) is 0 Å². The summed E-state index contributed by atoms with van der Waals surface area (Å²) in [5, 5.41) is 0. The fraction of sp³-hybridized carbons (Fsp3) is 0.0800. The molecule has 3 aromatic rings. The number of ether oxygens (including phenoxy) is 2. The fourth-order valence-corrected chi connectivity index (χ4v) is 4.56. The molecule has 4 rings (SSSR count). The van der Waals surface area contributed by atoms with Gasteiger partial charge in [0, 0.05) is 5.56 Å². The van der Waals surface area contributed by atoms with Crippen LogP contribution in [0.15, 0.2) is 80.3 Å². The molecule has 0 radical (unpaired) electrons. The highest BCUT2D eigenvalue weighted by atomic mass is 79.9. The average molecular weight is 555 g/mol. The van der Waals surface area contributed by atoms with Gasteiger partial charge in [0.15, 0.2) is 11.4 Å². The van der Waals surface area contributed by atoms with Crippen LogP contribution in [-0.2, 0) is 9.53 Å². The molecule has 0 aliphatic carbocycles. The van der Waals surface area contributed by atoms with Gasteiger partial charge >= 0.3 is 11.9 Å². The SMILES string of the molecule is Cc1cccc(C(=O)Oc2c(Br)cc(/C=C3\N=C(c4ccccc4C)OC3=O)cc2Br)c1. The van der Waals surface area contributed by atoms with Gasteiger partial charge in [0.2, 0.25) is 5.90 Å². The number of rotatable bonds is 4. The van der Waals surface area contributed by atoms with Crippen LogP contribution in [-0.4, -0.2) is 17.8 Å². The molecule has 7 heteroatoms. The van der Waals surface area contributed by atoms with Crippen LogP contribution >= 0.6 is 31.9 Å². The summed E-state index contributed by atoms with van der Waals surface area (Å²) in [4.78, 5) is 29.2. The number of hydrogen-bond acceptors (Lipinski definition) is 5. The van der Waals surface area contributed by atoms with E-state index < -0.39 is 11.9 Å². The third-order valence-corrected chi connectivity index (χ3v) is 5.95. The van der Waals surface area contributed by atoms with Crippen molar-refractivity contribution in [1.82, 2.24) is 0 Å². The van der Waals surface area contributed by atoms with Crippen molar-refractivity contribution >= 4 is 55.8 Å². The molecule has 1 aliphatic heterocycles. The first-order valence-electron chi connectivity index (χ1n) is 9.68. The Morgan fingerprint density at radius 3 is 2.41 bits per heavy atom. The Labute approximate surface area is 202 Å². The van der Waals surface area contributed by atoms with Gasteiger partial charge in [0.25, 0.3) is 0 Å². The normalized spacial score (nSPS) is 14.3. The predicted molar refractivity (Wildman–Crippen MR) is 130 cm³/mol. The van der Waals surface area contributed by atoms with Crippen molar-refractivity contribution < 1.29 is 19.1 Å². The number of nitrogens with zero attached hydrogens (tertiary/aromatic N) is 1. The van der Waals surface area contributed by atoms with Crippen molar-refractivity contribution in [3.63, 3.8) is 0 Å². The maximum atomic E-state index is 12.5. The molecule has 32 heavy (non-hydrogen) atoms. The number of esters is 2. The van der Waals surface area contributed by atoms with Crippen molar-refractivity contribution in [1.29, 1.82) is 0 Å². The van der Waals surface area contributed by atoms with E-state index in [0.717, 1.165) is 16.7 Å². The second-order valence-electron chi connectivity index (χ2n) is 7.22. The van der Waals surface area contributed by atoms with E-state index in [0.29, 0.717) is 25.8 Å². The molecule has 160 valence electrons. The third kappa shape index (κ3) is 4.74. The second-order valence-corrected chi connectivity index (χ2v) is 8.93. The van der Waals surface area contributed by atoms with Crippen LogP contribution in [0.5, 0.6) is 5.75 Å². The number of cyclic esters (lactones) is 1. The topological polar surface area (TPSA) is 65.0 Å². The summed E-state index contributed by atoms with van der Waals surface area (Å²) in [6.07, 6.45) is 1.62. The van der Waals surface area contributed by atoms with Crippen molar-refractivity contribution in [3.05, 3.63) is 103 Å². The number of hydrogen-bond donors (Lipinski definition) is 0. The Morgan fingerprint density at radius 2 is 1.72 bits per heavy atom. The zero-order valence-electron chi connectivity index (χ0n) is 17.2. The lowest BCUT2D eigenvalue weighted by Crippen LogP contribution is -2.09. The van der Waals surface area contributed by atoms with Crippen LogP contribution in [0, 0.1) is 13.8 Å². The van der Waals surface area contributed by atoms with Gasteiger partial charge in [0.1, 0.15) is 0 Å². The average Bonchev–Trinajstić information content (AvgIpc) is 3.11. The largest absolute Gasteiger partial charge is 0.421 e. The lowest BCUT2D eigenvalue weighted by Gasteiger charge is -2.10. The summed E-state index contributed by atoms with van der Waals surface area (Å²) in [5.74, 6) is -0.364. The van der Waals surface area contributed by atoms with Gasteiger partial charge in [-0.3, -0.25) is 0 Å². The lowest BCUT2D eigenvalue weighted by atomic mass is 10.1. The van der Waals surface area contributed by atoms with Gasteiger partial charge in [0.05, 0.1) is 14.5 Å². The molecular weight excluding hydrogens is 538 g/mol. The molecular formula is C25H17Br2NO4.